The lowest BCUT2D eigenvalue weighted by atomic mass is 9.98. The van der Waals surface area contributed by atoms with Gasteiger partial charge in [-0.05, 0) is 150 Å². The molecule has 23 rings (SSSR count). The van der Waals surface area contributed by atoms with Crippen molar-refractivity contribution in [3.8, 4) is 158 Å². The fraction of sp³-hybridized carbons (Fsp3) is 0.00870. The van der Waals surface area contributed by atoms with Crippen molar-refractivity contribution in [2.45, 2.75) is 6.42 Å². The molecule has 0 saturated carbocycles. The molecule has 0 fully saturated rings. The predicted molar refractivity (Wildman–Crippen MR) is 508 cm³/mol. The summed E-state index contributed by atoms with van der Waals surface area (Å²) in [6, 6.07) is 155. The van der Waals surface area contributed by atoms with Gasteiger partial charge in [-0.3, -0.25) is 0 Å². The summed E-state index contributed by atoms with van der Waals surface area (Å²) < 4.78 is 32.2. The van der Waals surface area contributed by atoms with Gasteiger partial charge in [-0.1, -0.05) is 388 Å². The molecule has 8 nitrogen and oxygen atoms in total. The van der Waals surface area contributed by atoms with Crippen LogP contribution < -0.4 is 0 Å². The van der Waals surface area contributed by atoms with Crippen molar-refractivity contribution in [1.82, 2.24) is 39.0 Å². The van der Waals surface area contributed by atoms with Gasteiger partial charge in [-0.25, -0.2) is 38.7 Å². The van der Waals surface area contributed by atoms with Crippen LogP contribution in [0.2, 0.25) is 0 Å². The smallest absolute Gasteiger partial charge is 0.164 e. The van der Waals surface area contributed by atoms with E-state index < -0.39 is 11.6 Å². The summed E-state index contributed by atoms with van der Waals surface area (Å²) in [6.45, 7) is 0. The fourth-order valence-electron chi connectivity index (χ4n) is 17.2. The van der Waals surface area contributed by atoms with Crippen LogP contribution in [-0.4, -0.2) is 39.0 Å². The Hall–Kier alpha value is -16.6. The highest BCUT2D eigenvalue weighted by Gasteiger charge is 2.25. The SMILES string of the molecule is Fc1cc(F)cc(-c2nc(-c3ccccc3)nc(-c3ccccc3)n2)c1.c1ccc(-c2ccc3c(c2)Cc2cc(-c4ccccc4)ccc2-3)cc1.c1ccc(-c2ccc3c4ccc(-c5ccccc5)cc4n(-c4cc(-c5nc(-c6ccccc6)nc(-c6ccccc6)n5)cc(-n5c6cc(-c7ccccc7)ccc6c6ccc(-c7ccccc7)cc65)c4)c3c2)cc1. The Labute approximate surface area is 722 Å². The first-order valence-electron chi connectivity index (χ1n) is 41.9. The van der Waals surface area contributed by atoms with E-state index >= 15 is 0 Å². The van der Waals surface area contributed by atoms with E-state index in [4.69, 9.17) is 15.0 Å². The van der Waals surface area contributed by atoms with Crippen LogP contribution in [-0.2, 0) is 6.42 Å². The van der Waals surface area contributed by atoms with Crippen molar-refractivity contribution in [3.63, 3.8) is 0 Å². The van der Waals surface area contributed by atoms with Gasteiger partial charge in [0.05, 0.1) is 22.1 Å². The third-order valence-corrected chi connectivity index (χ3v) is 23.3. The molecular weight excluding hydrogens is 1530 g/mol. The first-order chi connectivity index (χ1) is 61.7. The third-order valence-electron chi connectivity index (χ3n) is 23.3. The van der Waals surface area contributed by atoms with Crippen molar-refractivity contribution in [2.24, 2.45) is 0 Å². The lowest BCUT2D eigenvalue weighted by Gasteiger charge is -2.17. The lowest BCUT2D eigenvalue weighted by Crippen LogP contribution is -2.03. The molecule has 0 atom stereocenters. The van der Waals surface area contributed by atoms with Crippen LogP contribution in [0, 0.1) is 11.6 Å². The number of hydrogen-bond acceptors (Lipinski definition) is 6. The van der Waals surface area contributed by atoms with Crippen molar-refractivity contribution in [3.05, 3.63) is 472 Å². The third kappa shape index (κ3) is 15.5. The van der Waals surface area contributed by atoms with E-state index in [1.165, 1.54) is 78.2 Å². The first kappa shape index (κ1) is 75.9. The summed E-state index contributed by atoms with van der Waals surface area (Å²) in [6.07, 6.45) is 1.02. The largest absolute Gasteiger partial charge is 0.309 e. The minimum atomic E-state index is -0.678. The molecule has 0 aliphatic heterocycles. The number of nitrogens with zero attached hydrogens (tertiary/aromatic N) is 8. The number of benzene rings is 18. The van der Waals surface area contributed by atoms with E-state index in [-0.39, 0.29) is 11.4 Å². The minimum absolute atomic E-state index is 0.219. The molecule has 4 heterocycles. The standard InChI is InChI=1S/C69H45N5.C25H18.C21H13F2N3/c1-7-19-46(20-8-1)52-31-35-59-60-36-32-53(47-21-9-2-10-22-47)42-64(60)73(63(59)41-52)57-39-56(69-71-67(50-27-15-5-16-28-50)70-68(72-69)51-29-17-6-18-30-51)40-58(45-57)74-65-43-54(48-23-11-3-12-24-48)33-37-61(65)62-38-34-55(44-66(62)74)49-25-13-4-14-26-49;1-3-7-18(8-4-1)20-11-13-24-22(15-20)17-23-16-21(12-14-25(23)24)19-9-5-2-6-10-19;22-17-11-16(12-18(23)13-17)21-25-19(14-7-3-1-4-8-14)24-20(26-21)15-9-5-2-6-10-15/h1-45H;1-16H,17H2;1-13H. The van der Waals surface area contributed by atoms with Gasteiger partial charge in [0.15, 0.2) is 34.9 Å². The molecular formula is C115H76F2N8. The predicted octanol–water partition coefficient (Wildman–Crippen LogP) is 29.5. The molecule has 0 amide bonds. The maximum absolute atomic E-state index is 13.6. The second-order valence-corrected chi connectivity index (χ2v) is 31.2. The average Bonchev–Trinajstić information content (AvgIpc) is 1.57. The van der Waals surface area contributed by atoms with E-state index in [1.54, 1.807) is 0 Å². The Balaban J connectivity index is 0.000000151. The Morgan fingerprint density at radius 2 is 0.376 bits per heavy atom. The van der Waals surface area contributed by atoms with Crippen molar-refractivity contribution in [2.75, 3.05) is 0 Å². The zero-order valence-corrected chi connectivity index (χ0v) is 67.8. The number of halogens is 2. The maximum atomic E-state index is 13.6. The van der Waals surface area contributed by atoms with Crippen molar-refractivity contribution >= 4 is 43.6 Å². The Morgan fingerprint density at radius 3 is 0.624 bits per heavy atom. The zero-order chi connectivity index (χ0) is 83.5. The second-order valence-electron chi connectivity index (χ2n) is 31.2. The van der Waals surface area contributed by atoms with Gasteiger partial charge < -0.3 is 9.13 Å². The summed E-state index contributed by atoms with van der Waals surface area (Å²) in [5, 5.41) is 4.67. The highest BCUT2D eigenvalue weighted by Crippen LogP contribution is 2.45. The van der Waals surface area contributed by atoms with Crippen LogP contribution in [0.1, 0.15) is 11.1 Å². The van der Waals surface area contributed by atoms with Crippen LogP contribution in [0.3, 0.4) is 0 Å². The number of hydrogen-bond donors (Lipinski definition) is 0. The Morgan fingerprint density at radius 1 is 0.168 bits per heavy atom. The van der Waals surface area contributed by atoms with Crippen molar-refractivity contribution < 1.29 is 8.78 Å². The molecule has 1 aliphatic carbocycles. The van der Waals surface area contributed by atoms with E-state index in [0.717, 1.165) is 118 Å². The average molecular weight is 1610 g/mol. The van der Waals surface area contributed by atoms with E-state index in [2.05, 4.69) is 358 Å². The molecule has 0 bridgehead atoms. The molecule has 590 valence electrons. The Bertz CT molecular complexity index is 7080. The highest BCUT2D eigenvalue weighted by atomic mass is 19.1. The van der Waals surface area contributed by atoms with Gasteiger partial charge in [-0.15, -0.1) is 0 Å². The van der Waals surface area contributed by atoms with E-state index in [1.807, 2.05) is 97.1 Å². The summed E-state index contributed by atoms with van der Waals surface area (Å²) >= 11 is 0. The molecule has 0 saturated heterocycles. The van der Waals surface area contributed by atoms with Crippen molar-refractivity contribution in [1.29, 1.82) is 0 Å². The quantitative estimate of drug-likeness (QED) is 0.108. The van der Waals surface area contributed by atoms with Crippen LogP contribution in [0.4, 0.5) is 8.78 Å². The molecule has 10 heteroatoms. The summed E-state index contributed by atoms with van der Waals surface area (Å²) in [4.78, 5) is 29.3. The van der Waals surface area contributed by atoms with Gasteiger partial charge in [0.25, 0.3) is 0 Å². The minimum Gasteiger partial charge on any atom is -0.309 e. The fourth-order valence-corrected chi connectivity index (χ4v) is 17.2. The van der Waals surface area contributed by atoms with Gasteiger partial charge in [0.2, 0.25) is 0 Å². The van der Waals surface area contributed by atoms with E-state index in [9.17, 15) is 8.78 Å². The molecule has 0 radical (unpaired) electrons. The zero-order valence-electron chi connectivity index (χ0n) is 67.8. The molecule has 0 N–H and O–H groups in total. The van der Waals surface area contributed by atoms with Gasteiger partial charge in [0, 0.05) is 72.4 Å². The maximum Gasteiger partial charge on any atom is 0.164 e. The second kappa shape index (κ2) is 33.6. The molecule has 125 heavy (non-hydrogen) atoms. The van der Waals surface area contributed by atoms with Gasteiger partial charge >= 0.3 is 0 Å². The molecule has 1 aliphatic rings. The number of rotatable bonds is 14. The molecule has 0 unspecified atom stereocenters. The van der Waals surface area contributed by atoms with Gasteiger partial charge in [0.1, 0.15) is 11.6 Å². The number of aromatic nitrogens is 8. The molecule has 22 aromatic rings. The molecule has 0 spiro atoms. The summed E-state index contributed by atoms with van der Waals surface area (Å²) in [7, 11) is 0. The van der Waals surface area contributed by atoms with Gasteiger partial charge in [-0.2, -0.15) is 0 Å². The van der Waals surface area contributed by atoms with Crippen LogP contribution >= 0.6 is 0 Å². The topological polar surface area (TPSA) is 87.2 Å². The number of fused-ring (bicyclic) bond motifs is 9. The summed E-state index contributed by atoms with van der Waals surface area (Å²) in [5.41, 5.74) is 30.9. The molecule has 18 aromatic carbocycles. The van der Waals surface area contributed by atoms with Crippen LogP contribution in [0.25, 0.3) is 201 Å². The summed E-state index contributed by atoms with van der Waals surface area (Å²) in [5.74, 6) is 1.54. The van der Waals surface area contributed by atoms with E-state index in [0.29, 0.717) is 29.1 Å². The lowest BCUT2D eigenvalue weighted by molar-refractivity contribution is 0.584. The highest BCUT2D eigenvalue weighted by molar-refractivity contribution is 6.13. The Kier molecular flexibility index (Phi) is 20.4. The normalized spacial score (nSPS) is 11.4. The van der Waals surface area contributed by atoms with Crippen LogP contribution in [0.15, 0.2) is 449 Å². The van der Waals surface area contributed by atoms with Crippen LogP contribution in [0.5, 0.6) is 0 Å². The monoisotopic (exact) mass is 1610 g/mol. The first-order valence-corrected chi connectivity index (χ1v) is 41.9. The molecule has 4 aromatic heterocycles.